The molecule has 0 saturated carbocycles. The van der Waals surface area contributed by atoms with Crippen LogP contribution >= 0.6 is 15.9 Å². The Labute approximate surface area is 116 Å². The van der Waals surface area contributed by atoms with Crippen molar-refractivity contribution in [2.24, 2.45) is 5.14 Å². The molecule has 0 radical (unpaired) electrons. The monoisotopic (exact) mass is 332 g/mol. The molecule has 1 aromatic rings. The van der Waals surface area contributed by atoms with E-state index in [2.05, 4.69) is 33.0 Å². The van der Waals surface area contributed by atoms with E-state index in [4.69, 9.17) is 5.14 Å². The average molecular weight is 333 g/mol. The van der Waals surface area contributed by atoms with Gasteiger partial charge in [0.05, 0.1) is 5.75 Å². The van der Waals surface area contributed by atoms with Gasteiger partial charge in [-0.2, -0.15) is 0 Å². The van der Waals surface area contributed by atoms with Gasteiger partial charge < -0.3 is 0 Å². The molecule has 0 aromatic heterocycles. The molecular formula is C12H17BrN2O2S. The molecule has 6 heteroatoms. The van der Waals surface area contributed by atoms with Crippen LogP contribution in [0.25, 0.3) is 0 Å². The Kier molecular flexibility index (Phi) is 4.42. The summed E-state index contributed by atoms with van der Waals surface area (Å²) in [5.74, 6) is 0.0566. The number of rotatable bonds is 4. The molecule has 0 amide bonds. The lowest BCUT2D eigenvalue weighted by Crippen LogP contribution is -2.36. The van der Waals surface area contributed by atoms with Gasteiger partial charge in [0, 0.05) is 17.1 Å². The van der Waals surface area contributed by atoms with Gasteiger partial charge in [0.1, 0.15) is 0 Å². The highest BCUT2D eigenvalue weighted by molar-refractivity contribution is 9.10. The number of hydrogen-bond donors (Lipinski definition) is 1. The lowest BCUT2D eigenvalue weighted by atomic mass is 10.2. The van der Waals surface area contributed by atoms with Crippen molar-refractivity contribution in [3.63, 3.8) is 0 Å². The molecule has 1 aliphatic heterocycles. The van der Waals surface area contributed by atoms with Crippen LogP contribution in [0.5, 0.6) is 0 Å². The molecule has 2 rings (SSSR count). The van der Waals surface area contributed by atoms with Crippen molar-refractivity contribution < 1.29 is 8.42 Å². The van der Waals surface area contributed by atoms with Crippen LogP contribution in [0.1, 0.15) is 18.4 Å². The van der Waals surface area contributed by atoms with Gasteiger partial charge in [0.25, 0.3) is 0 Å². The predicted octanol–water partition coefficient (Wildman–Crippen LogP) is 1.70. The maximum absolute atomic E-state index is 11.2. The molecule has 0 spiro atoms. The van der Waals surface area contributed by atoms with E-state index in [1.807, 2.05) is 12.1 Å². The molecule has 4 nitrogen and oxygen atoms in total. The zero-order valence-corrected chi connectivity index (χ0v) is 12.5. The van der Waals surface area contributed by atoms with Crippen LogP contribution < -0.4 is 5.14 Å². The summed E-state index contributed by atoms with van der Waals surface area (Å²) in [5.41, 5.74) is 1.19. The van der Waals surface area contributed by atoms with Crippen LogP contribution in [0.15, 0.2) is 28.7 Å². The highest BCUT2D eigenvalue weighted by Crippen LogP contribution is 2.22. The minimum absolute atomic E-state index is 0.0546. The Bertz CT molecular complexity index is 519. The van der Waals surface area contributed by atoms with E-state index in [9.17, 15) is 8.42 Å². The zero-order chi connectivity index (χ0) is 13.2. The number of likely N-dealkylation sites (tertiary alicyclic amines) is 1. The van der Waals surface area contributed by atoms with Crippen LogP contribution in [0.4, 0.5) is 0 Å². The second kappa shape index (κ2) is 5.69. The lowest BCUT2D eigenvalue weighted by molar-refractivity contribution is 0.261. The smallest absolute Gasteiger partial charge is 0.210 e. The Morgan fingerprint density at radius 1 is 1.44 bits per heavy atom. The maximum atomic E-state index is 11.2. The van der Waals surface area contributed by atoms with Crippen molar-refractivity contribution in [2.45, 2.75) is 25.4 Å². The van der Waals surface area contributed by atoms with Crippen LogP contribution in [0.3, 0.4) is 0 Å². The van der Waals surface area contributed by atoms with E-state index in [0.717, 1.165) is 30.4 Å². The predicted molar refractivity (Wildman–Crippen MR) is 75.5 cm³/mol. The number of nitrogens with two attached hydrogens (primary N) is 1. The summed E-state index contributed by atoms with van der Waals surface area (Å²) in [6.07, 6.45) is 1.94. The molecule has 2 N–H and O–H groups in total. The zero-order valence-electron chi connectivity index (χ0n) is 10.0. The topological polar surface area (TPSA) is 63.4 Å². The van der Waals surface area contributed by atoms with Crippen molar-refractivity contribution in [1.29, 1.82) is 0 Å². The normalized spacial score (nSPS) is 21.3. The van der Waals surface area contributed by atoms with E-state index in [-0.39, 0.29) is 11.8 Å². The van der Waals surface area contributed by atoms with Crippen LogP contribution in [0.2, 0.25) is 0 Å². The van der Waals surface area contributed by atoms with Gasteiger partial charge >= 0.3 is 0 Å². The molecule has 1 atom stereocenters. The van der Waals surface area contributed by atoms with Crippen LogP contribution in [-0.4, -0.2) is 31.7 Å². The molecule has 1 saturated heterocycles. The molecule has 100 valence electrons. The first-order valence-corrected chi connectivity index (χ1v) is 8.44. The summed E-state index contributed by atoms with van der Waals surface area (Å²) in [6.45, 7) is 1.71. The van der Waals surface area contributed by atoms with E-state index in [1.165, 1.54) is 5.56 Å². The number of halogens is 1. The first-order chi connectivity index (χ1) is 8.44. The van der Waals surface area contributed by atoms with Gasteiger partial charge in [-0.1, -0.05) is 28.1 Å². The third kappa shape index (κ3) is 4.05. The van der Waals surface area contributed by atoms with E-state index in [1.54, 1.807) is 0 Å². The largest absolute Gasteiger partial charge is 0.295 e. The van der Waals surface area contributed by atoms with Gasteiger partial charge in [-0.25, -0.2) is 13.6 Å². The van der Waals surface area contributed by atoms with Crippen molar-refractivity contribution in [3.05, 3.63) is 34.3 Å². The van der Waals surface area contributed by atoms with Crippen molar-refractivity contribution in [2.75, 3.05) is 12.3 Å². The molecule has 1 aliphatic rings. The second-order valence-electron chi connectivity index (χ2n) is 4.73. The standard InChI is InChI=1S/C12H17BrN2O2S/c13-11-4-1-3-10(7-11)8-15-6-2-5-12(15)9-18(14,16)17/h1,3-4,7,12H,2,5-6,8-9H2,(H2,14,16,17)/t12-/m1/s1. The van der Waals surface area contributed by atoms with Crippen molar-refractivity contribution >= 4 is 26.0 Å². The summed E-state index contributed by atoms with van der Waals surface area (Å²) in [4.78, 5) is 2.20. The average Bonchev–Trinajstić information content (AvgIpc) is 2.63. The Hall–Kier alpha value is -0.430. The number of nitrogens with zero attached hydrogens (tertiary/aromatic N) is 1. The Balaban J connectivity index is 2.04. The SMILES string of the molecule is NS(=O)(=O)C[C@H]1CCCN1Cc1cccc(Br)c1. The van der Waals surface area contributed by atoms with E-state index in [0.29, 0.717) is 0 Å². The molecule has 1 heterocycles. The van der Waals surface area contributed by atoms with Gasteiger partial charge in [-0.15, -0.1) is 0 Å². The van der Waals surface area contributed by atoms with Crippen LogP contribution in [0, 0.1) is 0 Å². The van der Waals surface area contributed by atoms with Crippen molar-refractivity contribution in [1.82, 2.24) is 4.90 Å². The second-order valence-corrected chi connectivity index (χ2v) is 7.30. The number of hydrogen-bond acceptors (Lipinski definition) is 3. The van der Waals surface area contributed by atoms with Gasteiger partial charge in [0.15, 0.2) is 0 Å². The quantitative estimate of drug-likeness (QED) is 0.912. The molecule has 18 heavy (non-hydrogen) atoms. The molecule has 0 bridgehead atoms. The van der Waals surface area contributed by atoms with Gasteiger partial charge in [-0.3, -0.25) is 4.90 Å². The number of sulfonamides is 1. The Morgan fingerprint density at radius 3 is 2.89 bits per heavy atom. The molecule has 0 unspecified atom stereocenters. The van der Waals surface area contributed by atoms with E-state index >= 15 is 0 Å². The van der Waals surface area contributed by atoms with Crippen molar-refractivity contribution in [3.8, 4) is 0 Å². The van der Waals surface area contributed by atoms with Gasteiger partial charge in [0.2, 0.25) is 10.0 Å². The fraction of sp³-hybridized carbons (Fsp3) is 0.500. The fourth-order valence-corrected chi connectivity index (χ4v) is 3.79. The first-order valence-electron chi connectivity index (χ1n) is 5.93. The summed E-state index contributed by atoms with van der Waals surface area (Å²) >= 11 is 3.44. The minimum atomic E-state index is -3.39. The minimum Gasteiger partial charge on any atom is -0.295 e. The summed E-state index contributed by atoms with van der Waals surface area (Å²) in [6, 6.07) is 8.14. The third-order valence-corrected chi connectivity index (χ3v) is 4.54. The molecule has 0 aliphatic carbocycles. The molecule has 1 fully saturated rings. The van der Waals surface area contributed by atoms with Gasteiger partial charge in [-0.05, 0) is 37.1 Å². The summed E-state index contributed by atoms with van der Waals surface area (Å²) < 4.78 is 23.4. The highest BCUT2D eigenvalue weighted by Gasteiger charge is 2.27. The Morgan fingerprint density at radius 2 is 2.22 bits per heavy atom. The molecule has 1 aromatic carbocycles. The third-order valence-electron chi connectivity index (χ3n) is 3.20. The number of benzene rings is 1. The fourth-order valence-electron chi connectivity index (χ4n) is 2.43. The summed E-state index contributed by atoms with van der Waals surface area (Å²) in [7, 11) is -3.39. The number of primary sulfonamides is 1. The lowest BCUT2D eigenvalue weighted by Gasteiger charge is -2.23. The summed E-state index contributed by atoms with van der Waals surface area (Å²) in [5, 5.41) is 5.13. The molecular weight excluding hydrogens is 316 g/mol. The first kappa shape index (κ1) is 14.0. The maximum Gasteiger partial charge on any atom is 0.210 e. The van der Waals surface area contributed by atoms with Crippen LogP contribution in [-0.2, 0) is 16.6 Å². The highest BCUT2D eigenvalue weighted by atomic mass is 79.9. The van der Waals surface area contributed by atoms with E-state index < -0.39 is 10.0 Å².